The summed E-state index contributed by atoms with van der Waals surface area (Å²) in [5, 5.41) is 6.74. The van der Waals surface area contributed by atoms with E-state index in [1.165, 1.54) is 11.8 Å². The van der Waals surface area contributed by atoms with Gasteiger partial charge in [-0.1, -0.05) is 18.3 Å². The summed E-state index contributed by atoms with van der Waals surface area (Å²) in [7, 11) is 0. The number of nitrogens with zero attached hydrogens (tertiary/aromatic N) is 4. The Hall–Kier alpha value is -1.62. The molecule has 2 aromatic rings. The minimum Gasteiger partial charge on any atom is -0.226 e. The van der Waals surface area contributed by atoms with Gasteiger partial charge in [0.25, 0.3) is 0 Å². The van der Waals surface area contributed by atoms with Gasteiger partial charge in [0.05, 0.1) is 0 Å². The molecule has 4 nitrogen and oxygen atoms in total. The Labute approximate surface area is 92.1 Å². The largest absolute Gasteiger partial charge is 0.226 e. The molecule has 2 aromatic heterocycles. The van der Waals surface area contributed by atoms with E-state index in [0.29, 0.717) is 0 Å². The molecule has 0 saturated heterocycles. The van der Waals surface area contributed by atoms with Crippen molar-refractivity contribution in [2.45, 2.75) is 11.9 Å². The fourth-order valence-corrected chi connectivity index (χ4v) is 1.72. The summed E-state index contributed by atoms with van der Waals surface area (Å²) in [4.78, 5) is 8.57. The number of rotatable bonds is 3. The van der Waals surface area contributed by atoms with E-state index < -0.39 is 0 Å². The molecule has 2 heterocycles. The topological polar surface area (TPSA) is 43.6 Å². The van der Waals surface area contributed by atoms with Gasteiger partial charge in [-0.3, -0.25) is 0 Å². The highest BCUT2D eigenvalue weighted by Gasteiger charge is 2.03. The molecular formula is C10H10N4S. The quantitative estimate of drug-likeness (QED) is 0.585. The number of hydrogen-bond donors (Lipinski definition) is 0. The molecular weight excluding hydrogens is 208 g/mol. The average molecular weight is 218 g/mol. The molecule has 5 heteroatoms. The van der Waals surface area contributed by atoms with E-state index >= 15 is 0 Å². The lowest BCUT2D eigenvalue weighted by Gasteiger charge is -2.03. The zero-order valence-corrected chi connectivity index (χ0v) is 9.11. The van der Waals surface area contributed by atoms with Crippen molar-refractivity contribution in [3.05, 3.63) is 42.3 Å². The average Bonchev–Trinajstić information content (AvgIpc) is 2.70. The van der Waals surface area contributed by atoms with Gasteiger partial charge in [0.15, 0.2) is 5.82 Å². The van der Waals surface area contributed by atoms with E-state index in [1.807, 2.05) is 25.3 Å². The second-order valence-corrected chi connectivity index (χ2v) is 3.83. The van der Waals surface area contributed by atoms with Crippen LogP contribution in [0.3, 0.4) is 0 Å². The summed E-state index contributed by atoms with van der Waals surface area (Å²) >= 11 is 1.47. The van der Waals surface area contributed by atoms with E-state index in [2.05, 4.69) is 21.6 Å². The van der Waals surface area contributed by atoms with Gasteiger partial charge in [-0.25, -0.2) is 14.6 Å². The van der Waals surface area contributed by atoms with Gasteiger partial charge >= 0.3 is 0 Å². The monoisotopic (exact) mass is 218 g/mol. The summed E-state index contributed by atoms with van der Waals surface area (Å²) in [6.07, 6.45) is 3.57. The Morgan fingerprint density at radius 3 is 3.00 bits per heavy atom. The molecule has 0 saturated carbocycles. The fraction of sp³-hybridized carbons (Fsp3) is 0.100. The smallest absolute Gasteiger partial charge is 0.158 e. The predicted octanol–water partition coefficient (Wildman–Crippen LogP) is 2.21. The van der Waals surface area contributed by atoms with Crippen molar-refractivity contribution in [3.8, 4) is 5.82 Å². The van der Waals surface area contributed by atoms with E-state index in [1.54, 1.807) is 16.3 Å². The first-order chi connectivity index (χ1) is 7.29. The minimum atomic E-state index is 0.729. The van der Waals surface area contributed by atoms with Crippen molar-refractivity contribution in [1.82, 2.24) is 19.7 Å². The molecule has 0 fully saturated rings. The number of hydrogen-bond acceptors (Lipinski definition) is 4. The third kappa shape index (κ3) is 2.24. The van der Waals surface area contributed by atoms with Crippen molar-refractivity contribution in [1.29, 1.82) is 0 Å². The van der Waals surface area contributed by atoms with Crippen LogP contribution in [-0.4, -0.2) is 19.7 Å². The molecule has 0 aromatic carbocycles. The highest BCUT2D eigenvalue weighted by molar-refractivity contribution is 8.02. The minimum absolute atomic E-state index is 0.729. The number of aryl methyl sites for hydroxylation is 1. The van der Waals surface area contributed by atoms with E-state index in [9.17, 15) is 0 Å². The molecule has 15 heavy (non-hydrogen) atoms. The Morgan fingerprint density at radius 1 is 1.47 bits per heavy atom. The zero-order valence-electron chi connectivity index (χ0n) is 8.29. The molecule has 0 N–H and O–H groups in total. The lowest BCUT2D eigenvalue weighted by Crippen LogP contribution is -2.01. The second kappa shape index (κ2) is 4.27. The van der Waals surface area contributed by atoms with Crippen LogP contribution in [0.5, 0.6) is 0 Å². The predicted molar refractivity (Wildman–Crippen MR) is 59.9 cm³/mol. The van der Waals surface area contributed by atoms with Crippen LogP contribution in [0.2, 0.25) is 0 Å². The zero-order chi connectivity index (χ0) is 10.7. The van der Waals surface area contributed by atoms with E-state index in [4.69, 9.17) is 0 Å². The summed E-state index contributed by atoms with van der Waals surface area (Å²) in [6.45, 7) is 5.52. The summed E-state index contributed by atoms with van der Waals surface area (Å²) in [5.74, 6) is 1.50. The maximum absolute atomic E-state index is 4.30. The molecule has 0 spiro atoms. The van der Waals surface area contributed by atoms with Crippen molar-refractivity contribution in [3.63, 3.8) is 0 Å². The standard InChI is InChI=1S/C10H10N4S/c1-3-15-10-7-9(12-8(2)13-10)14-6-4-5-11-14/h3-7H,1H2,2H3. The Kier molecular flexibility index (Phi) is 2.82. The first-order valence-corrected chi connectivity index (χ1v) is 5.31. The van der Waals surface area contributed by atoms with E-state index in [-0.39, 0.29) is 0 Å². The summed E-state index contributed by atoms with van der Waals surface area (Å²) < 4.78 is 1.71. The molecule has 2 rings (SSSR count). The van der Waals surface area contributed by atoms with Gasteiger partial charge in [-0.05, 0) is 18.4 Å². The SMILES string of the molecule is C=CSc1cc(-n2cccn2)nc(C)n1. The van der Waals surface area contributed by atoms with Crippen LogP contribution >= 0.6 is 11.8 Å². The normalized spacial score (nSPS) is 10.2. The first-order valence-electron chi connectivity index (χ1n) is 4.43. The first kappa shape index (κ1) is 9.92. The Morgan fingerprint density at radius 2 is 2.33 bits per heavy atom. The maximum atomic E-state index is 4.30. The van der Waals surface area contributed by atoms with Gasteiger partial charge < -0.3 is 0 Å². The van der Waals surface area contributed by atoms with Gasteiger partial charge in [-0.15, -0.1) is 0 Å². The van der Waals surface area contributed by atoms with Crippen molar-refractivity contribution < 1.29 is 0 Å². The van der Waals surface area contributed by atoms with Crippen molar-refractivity contribution in [2.75, 3.05) is 0 Å². The lowest BCUT2D eigenvalue weighted by molar-refractivity contribution is 0.812. The van der Waals surface area contributed by atoms with Crippen molar-refractivity contribution in [2.24, 2.45) is 0 Å². The fourth-order valence-electron chi connectivity index (χ4n) is 1.19. The molecule has 0 amide bonds. The third-order valence-electron chi connectivity index (χ3n) is 1.74. The Balaban J connectivity index is 2.44. The summed E-state index contributed by atoms with van der Waals surface area (Å²) in [6, 6.07) is 3.74. The molecule has 0 radical (unpaired) electrons. The van der Waals surface area contributed by atoms with E-state index in [0.717, 1.165) is 16.7 Å². The van der Waals surface area contributed by atoms with Crippen LogP contribution in [0, 0.1) is 6.92 Å². The van der Waals surface area contributed by atoms with Crippen LogP contribution in [0.4, 0.5) is 0 Å². The molecule has 0 bridgehead atoms. The van der Waals surface area contributed by atoms with Crippen LogP contribution in [0.25, 0.3) is 5.82 Å². The van der Waals surface area contributed by atoms with Crippen LogP contribution in [0.1, 0.15) is 5.82 Å². The van der Waals surface area contributed by atoms with Gasteiger partial charge in [-0.2, -0.15) is 5.10 Å². The highest BCUT2D eigenvalue weighted by atomic mass is 32.2. The van der Waals surface area contributed by atoms with Crippen LogP contribution < -0.4 is 0 Å². The van der Waals surface area contributed by atoms with Gasteiger partial charge in [0, 0.05) is 18.5 Å². The number of aromatic nitrogens is 4. The van der Waals surface area contributed by atoms with Crippen LogP contribution in [0.15, 0.2) is 41.5 Å². The van der Waals surface area contributed by atoms with Gasteiger partial charge in [0.1, 0.15) is 10.9 Å². The lowest BCUT2D eigenvalue weighted by atomic mass is 10.5. The molecule has 0 aliphatic carbocycles. The molecule has 0 unspecified atom stereocenters. The molecule has 76 valence electrons. The molecule has 0 atom stereocenters. The molecule has 0 aliphatic heterocycles. The second-order valence-electron chi connectivity index (χ2n) is 2.85. The van der Waals surface area contributed by atoms with Crippen molar-refractivity contribution >= 4 is 11.8 Å². The maximum Gasteiger partial charge on any atom is 0.158 e. The third-order valence-corrected chi connectivity index (χ3v) is 2.36. The highest BCUT2D eigenvalue weighted by Crippen LogP contribution is 2.17. The number of thioether (sulfide) groups is 1. The van der Waals surface area contributed by atoms with Crippen LogP contribution in [-0.2, 0) is 0 Å². The summed E-state index contributed by atoms with van der Waals surface area (Å²) in [5.41, 5.74) is 0. The molecule has 0 aliphatic rings. The van der Waals surface area contributed by atoms with Gasteiger partial charge in [0.2, 0.25) is 0 Å². The Bertz CT molecular complexity index is 464.